The maximum absolute atomic E-state index is 13.7. The first-order valence-corrected chi connectivity index (χ1v) is 11.3. The molecule has 0 aromatic heterocycles. The lowest BCUT2D eigenvalue weighted by Crippen LogP contribution is -2.45. The third kappa shape index (κ3) is 4.26. The standard InChI is InChI=1S/C25H27F3N4O2/c1-16(2)14-24(18-7-4-3-5-8-18)22(34)32(23(29)30-24)15-17-9-10-20(25(26,27)28)19(13-17)21(33)31-11-6-12-31/h3-5,7-10,13,16H,6,11-12,14-15H2,1-2H3,(H2,29,30). The number of carbonyl (C=O) groups is 2. The molecule has 9 heteroatoms. The second kappa shape index (κ2) is 8.77. The molecule has 2 aromatic carbocycles. The highest BCUT2D eigenvalue weighted by Crippen LogP contribution is 2.37. The molecule has 2 saturated heterocycles. The largest absolute Gasteiger partial charge is 0.417 e. The maximum Gasteiger partial charge on any atom is 0.417 e. The Morgan fingerprint density at radius 3 is 2.38 bits per heavy atom. The average molecular weight is 473 g/mol. The first kappa shape index (κ1) is 23.8. The predicted molar refractivity (Wildman–Crippen MR) is 121 cm³/mol. The lowest BCUT2D eigenvalue weighted by molar-refractivity contribution is -0.138. The molecule has 180 valence electrons. The van der Waals surface area contributed by atoms with Crippen molar-refractivity contribution in [2.45, 2.75) is 44.9 Å². The van der Waals surface area contributed by atoms with Crippen molar-refractivity contribution in [1.29, 1.82) is 5.41 Å². The molecule has 2 heterocycles. The minimum Gasteiger partial charge on any atom is -0.339 e. The van der Waals surface area contributed by atoms with Crippen molar-refractivity contribution in [3.05, 3.63) is 70.8 Å². The van der Waals surface area contributed by atoms with E-state index in [-0.39, 0.29) is 24.3 Å². The molecular formula is C25H27F3N4O2. The highest BCUT2D eigenvalue weighted by molar-refractivity contribution is 6.08. The summed E-state index contributed by atoms with van der Waals surface area (Å²) < 4.78 is 40.8. The molecule has 2 fully saturated rings. The summed E-state index contributed by atoms with van der Waals surface area (Å²) in [6.45, 7) is 4.70. The van der Waals surface area contributed by atoms with Gasteiger partial charge in [-0.25, -0.2) is 0 Å². The molecule has 2 N–H and O–H groups in total. The van der Waals surface area contributed by atoms with Crippen LogP contribution >= 0.6 is 0 Å². The van der Waals surface area contributed by atoms with Crippen LogP contribution in [0.25, 0.3) is 0 Å². The van der Waals surface area contributed by atoms with Gasteiger partial charge in [0.25, 0.3) is 11.8 Å². The number of amides is 2. The van der Waals surface area contributed by atoms with Crippen LogP contribution in [0, 0.1) is 11.3 Å². The van der Waals surface area contributed by atoms with Crippen molar-refractivity contribution >= 4 is 17.8 Å². The molecule has 2 aliphatic rings. The molecule has 2 aromatic rings. The van der Waals surface area contributed by atoms with Crippen LogP contribution in [0.1, 0.15) is 53.7 Å². The zero-order valence-electron chi connectivity index (χ0n) is 19.1. The Morgan fingerprint density at radius 2 is 1.82 bits per heavy atom. The van der Waals surface area contributed by atoms with E-state index in [1.54, 1.807) is 0 Å². The van der Waals surface area contributed by atoms with Gasteiger partial charge in [0.1, 0.15) is 5.54 Å². The van der Waals surface area contributed by atoms with Gasteiger partial charge in [0.15, 0.2) is 5.96 Å². The average Bonchev–Trinajstić information content (AvgIpc) is 2.96. The summed E-state index contributed by atoms with van der Waals surface area (Å²) >= 11 is 0. The van der Waals surface area contributed by atoms with E-state index in [1.807, 2.05) is 44.2 Å². The molecule has 1 atom stereocenters. The van der Waals surface area contributed by atoms with Gasteiger partial charge < -0.3 is 10.2 Å². The van der Waals surface area contributed by atoms with Gasteiger partial charge in [-0.05, 0) is 42.0 Å². The minimum atomic E-state index is -4.67. The minimum absolute atomic E-state index is 0.115. The van der Waals surface area contributed by atoms with E-state index in [0.717, 1.165) is 18.1 Å². The SMILES string of the molecule is CC(C)CC1(c2ccccc2)NC(=N)N(Cc2ccc(C(F)(F)F)c(C(=O)N3CCC3)c2)C1=O. The van der Waals surface area contributed by atoms with Gasteiger partial charge in [-0.15, -0.1) is 0 Å². The summed E-state index contributed by atoms with van der Waals surface area (Å²) in [5, 5.41) is 11.5. The number of alkyl halides is 3. The number of nitrogens with zero attached hydrogens (tertiary/aromatic N) is 2. The Balaban J connectivity index is 1.68. The van der Waals surface area contributed by atoms with E-state index in [9.17, 15) is 22.8 Å². The van der Waals surface area contributed by atoms with Crippen LogP contribution in [0.5, 0.6) is 0 Å². The van der Waals surface area contributed by atoms with Gasteiger partial charge in [0.2, 0.25) is 0 Å². The van der Waals surface area contributed by atoms with E-state index in [1.165, 1.54) is 21.9 Å². The van der Waals surface area contributed by atoms with E-state index >= 15 is 0 Å². The molecule has 0 saturated carbocycles. The third-order valence-electron chi connectivity index (χ3n) is 6.30. The summed E-state index contributed by atoms with van der Waals surface area (Å²) in [5.74, 6) is -0.992. The number of nitrogens with one attached hydrogen (secondary N) is 2. The zero-order valence-corrected chi connectivity index (χ0v) is 19.1. The Morgan fingerprint density at radius 1 is 1.15 bits per heavy atom. The third-order valence-corrected chi connectivity index (χ3v) is 6.30. The topological polar surface area (TPSA) is 76.5 Å². The van der Waals surface area contributed by atoms with Crippen molar-refractivity contribution < 1.29 is 22.8 Å². The molecule has 0 spiro atoms. The van der Waals surface area contributed by atoms with E-state index < -0.39 is 28.7 Å². The number of rotatable bonds is 6. The van der Waals surface area contributed by atoms with Gasteiger partial charge in [-0.2, -0.15) is 13.2 Å². The van der Waals surface area contributed by atoms with Crippen molar-refractivity contribution in [2.24, 2.45) is 5.92 Å². The van der Waals surface area contributed by atoms with Crippen LogP contribution in [0.3, 0.4) is 0 Å². The molecule has 0 aliphatic carbocycles. The number of guanidine groups is 1. The Labute approximate surface area is 196 Å². The fourth-order valence-corrected chi connectivity index (χ4v) is 4.58. The number of likely N-dealkylation sites (tertiary alicyclic amines) is 1. The lowest BCUT2D eigenvalue weighted by Gasteiger charge is -2.32. The molecule has 2 amide bonds. The fourth-order valence-electron chi connectivity index (χ4n) is 4.58. The monoisotopic (exact) mass is 472 g/mol. The first-order chi connectivity index (χ1) is 16.0. The molecule has 0 radical (unpaired) electrons. The van der Waals surface area contributed by atoms with Crippen LogP contribution in [0.4, 0.5) is 13.2 Å². The van der Waals surface area contributed by atoms with Gasteiger partial charge in [-0.3, -0.25) is 19.9 Å². The molecular weight excluding hydrogens is 445 g/mol. The number of benzene rings is 2. The van der Waals surface area contributed by atoms with Crippen LogP contribution in [-0.4, -0.2) is 40.7 Å². The summed E-state index contributed by atoms with van der Waals surface area (Å²) in [7, 11) is 0. The quantitative estimate of drug-likeness (QED) is 0.656. The van der Waals surface area contributed by atoms with E-state index in [0.29, 0.717) is 25.1 Å². The lowest BCUT2D eigenvalue weighted by atomic mass is 9.82. The van der Waals surface area contributed by atoms with Gasteiger partial charge in [0, 0.05) is 13.1 Å². The fraction of sp³-hybridized carbons (Fsp3) is 0.400. The Kier molecular flexibility index (Phi) is 6.14. The summed E-state index contributed by atoms with van der Waals surface area (Å²) in [6.07, 6.45) is -3.47. The number of halogens is 3. The molecule has 4 rings (SSSR count). The van der Waals surface area contributed by atoms with Crippen molar-refractivity contribution in [1.82, 2.24) is 15.1 Å². The van der Waals surface area contributed by atoms with Crippen LogP contribution in [-0.2, 0) is 23.1 Å². The molecule has 1 unspecified atom stereocenters. The summed E-state index contributed by atoms with van der Waals surface area (Å²) in [6, 6.07) is 12.5. The molecule has 2 aliphatic heterocycles. The molecule has 6 nitrogen and oxygen atoms in total. The van der Waals surface area contributed by atoms with Crippen LogP contribution in [0.15, 0.2) is 48.5 Å². The van der Waals surface area contributed by atoms with Crippen LogP contribution < -0.4 is 5.32 Å². The normalized spacial score (nSPS) is 20.5. The van der Waals surface area contributed by atoms with E-state index in [4.69, 9.17) is 5.41 Å². The molecule has 34 heavy (non-hydrogen) atoms. The van der Waals surface area contributed by atoms with Crippen molar-refractivity contribution in [2.75, 3.05) is 13.1 Å². The predicted octanol–water partition coefficient (Wildman–Crippen LogP) is 4.36. The first-order valence-electron chi connectivity index (χ1n) is 11.3. The van der Waals surface area contributed by atoms with Crippen molar-refractivity contribution in [3.8, 4) is 0 Å². The second-order valence-corrected chi connectivity index (χ2v) is 9.26. The van der Waals surface area contributed by atoms with E-state index in [2.05, 4.69) is 5.32 Å². The number of hydrogen-bond donors (Lipinski definition) is 2. The Bertz CT molecular complexity index is 1110. The van der Waals surface area contributed by atoms with Gasteiger partial charge in [-0.1, -0.05) is 50.2 Å². The smallest absolute Gasteiger partial charge is 0.339 e. The number of hydrogen-bond acceptors (Lipinski definition) is 3. The highest BCUT2D eigenvalue weighted by Gasteiger charge is 2.51. The molecule has 0 bridgehead atoms. The number of carbonyl (C=O) groups excluding carboxylic acids is 2. The highest BCUT2D eigenvalue weighted by atomic mass is 19.4. The van der Waals surface area contributed by atoms with Crippen molar-refractivity contribution in [3.63, 3.8) is 0 Å². The summed E-state index contributed by atoms with van der Waals surface area (Å²) in [4.78, 5) is 29.0. The van der Waals surface area contributed by atoms with Gasteiger partial charge in [0.05, 0.1) is 17.7 Å². The second-order valence-electron chi connectivity index (χ2n) is 9.26. The zero-order chi connectivity index (χ0) is 24.7. The Hall–Kier alpha value is -3.36. The maximum atomic E-state index is 13.7. The van der Waals surface area contributed by atoms with Crippen LogP contribution in [0.2, 0.25) is 0 Å². The van der Waals surface area contributed by atoms with Gasteiger partial charge >= 0.3 is 6.18 Å². The summed E-state index contributed by atoms with van der Waals surface area (Å²) in [5.41, 5.74) is -1.47.